The van der Waals surface area contributed by atoms with Gasteiger partial charge in [-0.2, -0.15) is 0 Å². The normalized spacial score (nSPS) is 12.2. The number of pyridine rings is 2. The van der Waals surface area contributed by atoms with Gasteiger partial charge in [-0.1, -0.05) is 23.4 Å². The molecular formula is C47H64N6O11. The van der Waals surface area contributed by atoms with Crippen LogP contribution in [-0.2, 0) is 37.9 Å². The Hall–Kier alpha value is -5.27. The van der Waals surface area contributed by atoms with Gasteiger partial charge in [-0.15, -0.1) is 0 Å². The molecule has 17 nitrogen and oxygen atoms in total. The molecule has 5 aromatic rings. The first-order valence-corrected chi connectivity index (χ1v) is 21.8. The van der Waals surface area contributed by atoms with Gasteiger partial charge in [0.2, 0.25) is 0 Å². The van der Waals surface area contributed by atoms with Gasteiger partial charge < -0.3 is 57.6 Å². The van der Waals surface area contributed by atoms with Crippen LogP contribution in [0, 0.1) is 13.8 Å². The van der Waals surface area contributed by atoms with E-state index in [1.165, 1.54) is 0 Å². The summed E-state index contributed by atoms with van der Waals surface area (Å²) in [5.74, 6) is 0.561. The van der Waals surface area contributed by atoms with E-state index in [1.807, 2.05) is 83.3 Å². The van der Waals surface area contributed by atoms with E-state index in [0.717, 1.165) is 50.4 Å². The Morgan fingerprint density at radius 2 is 1.25 bits per heavy atom. The highest BCUT2D eigenvalue weighted by atomic mass is 16.6. The number of hydrogen-bond acceptors (Lipinski definition) is 14. The van der Waals surface area contributed by atoms with E-state index in [0.29, 0.717) is 111 Å². The summed E-state index contributed by atoms with van der Waals surface area (Å²) in [4.78, 5) is 34.0. The zero-order valence-electron chi connectivity index (χ0n) is 38.0. The molecule has 0 aliphatic rings. The fraction of sp³-hybridized carbons (Fsp3) is 0.511. The molecule has 0 spiro atoms. The molecule has 0 aliphatic heterocycles. The van der Waals surface area contributed by atoms with Crippen LogP contribution in [-0.4, -0.2) is 143 Å². The predicted molar refractivity (Wildman–Crippen MR) is 240 cm³/mol. The van der Waals surface area contributed by atoms with Crippen molar-refractivity contribution >= 4 is 23.0 Å². The van der Waals surface area contributed by atoms with Crippen molar-refractivity contribution in [2.24, 2.45) is 0 Å². The molecule has 4 heterocycles. The zero-order chi connectivity index (χ0) is 45.6. The second kappa shape index (κ2) is 26.5. The summed E-state index contributed by atoms with van der Waals surface area (Å²) in [6, 6.07) is 15.5. The van der Waals surface area contributed by atoms with Crippen molar-refractivity contribution in [1.82, 2.24) is 30.3 Å². The van der Waals surface area contributed by atoms with Crippen molar-refractivity contribution in [2.75, 3.05) is 106 Å². The Morgan fingerprint density at radius 3 is 1.75 bits per heavy atom. The molecule has 2 N–H and O–H groups in total. The SMILES string of the molecule is Cc1noc(C)c1-c1cnc2c(-c3ccc(C(=O)NCCOCCOCCOCCOCCOCCOCCOCCNC(=O)OC(C)(C)C)cc3)cn([C@@H](C)c3ccccn3)c2c1. The van der Waals surface area contributed by atoms with Gasteiger partial charge >= 0.3 is 6.09 Å². The number of hydrogen-bond donors (Lipinski definition) is 2. The molecule has 0 fully saturated rings. The van der Waals surface area contributed by atoms with E-state index in [4.69, 9.17) is 47.4 Å². The van der Waals surface area contributed by atoms with Crippen molar-refractivity contribution < 1.29 is 52.0 Å². The number of rotatable bonds is 29. The van der Waals surface area contributed by atoms with E-state index in [2.05, 4.69) is 44.5 Å². The summed E-state index contributed by atoms with van der Waals surface area (Å²) in [5.41, 5.74) is 7.33. The number of aromatic nitrogens is 4. The van der Waals surface area contributed by atoms with E-state index < -0.39 is 11.7 Å². The summed E-state index contributed by atoms with van der Waals surface area (Å²) in [6.45, 7) is 18.2. The van der Waals surface area contributed by atoms with Gasteiger partial charge in [0.15, 0.2) is 0 Å². The summed E-state index contributed by atoms with van der Waals surface area (Å²) in [5, 5.41) is 9.70. The number of fused-ring (bicyclic) bond motifs is 1. The van der Waals surface area contributed by atoms with Gasteiger partial charge in [0.05, 0.1) is 121 Å². The first-order chi connectivity index (χ1) is 31.0. The second-order valence-electron chi connectivity index (χ2n) is 15.7. The number of aryl methyl sites for hydroxylation is 2. The van der Waals surface area contributed by atoms with Gasteiger partial charge in [0.1, 0.15) is 11.4 Å². The maximum absolute atomic E-state index is 12.9. The molecule has 2 amide bonds. The first-order valence-electron chi connectivity index (χ1n) is 21.8. The molecule has 0 aliphatic carbocycles. The Bertz CT molecular complexity index is 2120. The average Bonchev–Trinajstić information content (AvgIpc) is 3.83. The monoisotopic (exact) mass is 888 g/mol. The Kier molecular flexibility index (Phi) is 20.6. The minimum Gasteiger partial charge on any atom is -0.444 e. The number of carbonyl (C=O) groups is 2. The molecule has 0 bridgehead atoms. The van der Waals surface area contributed by atoms with Crippen LogP contribution in [0.25, 0.3) is 33.3 Å². The zero-order valence-corrected chi connectivity index (χ0v) is 38.0. The quantitative estimate of drug-likeness (QED) is 0.0506. The standard InChI is InChI=1S/C47H64N6O11/c1-34-43(36(3)64-52-34)39-31-42-44(51-32-39)40(33-53(42)35(2)41-9-7-8-14-48-41)37-10-12-38(13-11-37)45(54)49-15-17-56-19-21-58-23-25-60-27-29-62-30-28-61-26-24-59-22-20-57-18-16-50-46(55)63-47(4,5)6/h7-14,31-33,35H,15-30H2,1-6H3,(H,49,54)(H,50,55)/t35-/m0/s1. The highest BCUT2D eigenvalue weighted by molar-refractivity contribution is 5.97. The third-order valence-electron chi connectivity index (χ3n) is 9.66. The minimum absolute atomic E-state index is 0.0611. The van der Waals surface area contributed by atoms with Crippen molar-refractivity contribution in [3.05, 3.63) is 89.8 Å². The number of nitrogens with zero attached hydrogens (tertiary/aromatic N) is 4. The molecule has 0 unspecified atom stereocenters. The molecule has 4 aromatic heterocycles. The molecule has 17 heteroatoms. The maximum atomic E-state index is 12.9. The fourth-order valence-corrected chi connectivity index (χ4v) is 6.56. The van der Waals surface area contributed by atoms with Crippen LogP contribution >= 0.6 is 0 Å². The third-order valence-corrected chi connectivity index (χ3v) is 9.66. The predicted octanol–water partition coefficient (Wildman–Crippen LogP) is 6.35. The van der Waals surface area contributed by atoms with Crippen LogP contribution in [0.15, 0.2) is 71.6 Å². The average molecular weight is 889 g/mol. The Labute approximate surface area is 375 Å². The molecule has 0 saturated carbocycles. The topological polar surface area (TPSA) is 189 Å². The molecular weight excluding hydrogens is 825 g/mol. The Morgan fingerprint density at radius 1 is 0.703 bits per heavy atom. The molecule has 5 rings (SSSR count). The molecule has 1 atom stereocenters. The van der Waals surface area contributed by atoms with Crippen LogP contribution in [0.5, 0.6) is 0 Å². The van der Waals surface area contributed by atoms with E-state index in [-0.39, 0.29) is 11.9 Å². The minimum atomic E-state index is -0.524. The first kappa shape index (κ1) is 49.7. The molecule has 1 aromatic carbocycles. The number of carbonyl (C=O) groups excluding carboxylic acids is 2. The van der Waals surface area contributed by atoms with E-state index in [1.54, 1.807) is 6.20 Å². The van der Waals surface area contributed by atoms with Crippen LogP contribution in [0.2, 0.25) is 0 Å². The fourth-order valence-electron chi connectivity index (χ4n) is 6.56. The molecule has 0 saturated heterocycles. The van der Waals surface area contributed by atoms with Gasteiger partial charge in [0, 0.05) is 53.9 Å². The smallest absolute Gasteiger partial charge is 0.407 e. The third kappa shape index (κ3) is 16.4. The van der Waals surface area contributed by atoms with Crippen molar-refractivity contribution in [2.45, 2.75) is 53.2 Å². The van der Waals surface area contributed by atoms with Gasteiger partial charge in [-0.3, -0.25) is 14.8 Å². The van der Waals surface area contributed by atoms with Crippen LogP contribution in [0.4, 0.5) is 4.79 Å². The number of alkyl carbamates (subject to hydrolysis) is 1. The van der Waals surface area contributed by atoms with Gasteiger partial charge in [-0.05, 0) is 77.4 Å². The summed E-state index contributed by atoms with van der Waals surface area (Å²) in [7, 11) is 0. The second-order valence-corrected chi connectivity index (χ2v) is 15.7. The number of nitrogens with one attached hydrogen (secondary N) is 2. The molecule has 348 valence electrons. The van der Waals surface area contributed by atoms with Gasteiger partial charge in [0.25, 0.3) is 5.91 Å². The van der Waals surface area contributed by atoms with Crippen LogP contribution in [0.3, 0.4) is 0 Å². The molecule has 64 heavy (non-hydrogen) atoms. The van der Waals surface area contributed by atoms with Gasteiger partial charge in [-0.25, -0.2) is 4.79 Å². The lowest BCUT2D eigenvalue weighted by Crippen LogP contribution is -2.34. The number of benzene rings is 1. The summed E-state index contributed by atoms with van der Waals surface area (Å²) >= 11 is 0. The van der Waals surface area contributed by atoms with Crippen LogP contribution in [0.1, 0.15) is 61.2 Å². The molecule has 0 radical (unpaired) electrons. The van der Waals surface area contributed by atoms with Crippen molar-refractivity contribution in [3.63, 3.8) is 0 Å². The summed E-state index contributed by atoms with van der Waals surface area (Å²) < 4.78 is 51.4. The van der Waals surface area contributed by atoms with E-state index in [9.17, 15) is 9.59 Å². The largest absolute Gasteiger partial charge is 0.444 e. The summed E-state index contributed by atoms with van der Waals surface area (Å²) in [6.07, 6.45) is 5.30. The highest BCUT2D eigenvalue weighted by Crippen LogP contribution is 2.36. The lowest BCUT2D eigenvalue weighted by molar-refractivity contribution is -0.0203. The number of amides is 2. The van der Waals surface area contributed by atoms with Crippen molar-refractivity contribution in [3.8, 4) is 22.3 Å². The van der Waals surface area contributed by atoms with Crippen molar-refractivity contribution in [1.29, 1.82) is 0 Å². The van der Waals surface area contributed by atoms with E-state index >= 15 is 0 Å². The number of ether oxygens (including phenoxy) is 8. The maximum Gasteiger partial charge on any atom is 0.407 e. The lowest BCUT2D eigenvalue weighted by atomic mass is 10.0. The highest BCUT2D eigenvalue weighted by Gasteiger charge is 2.21. The lowest BCUT2D eigenvalue weighted by Gasteiger charge is -2.19. The van der Waals surface area contributed by atoms with Crippen LogP contribution < -0.4 is 10.6 Å². The Balaban J connectivity index is 0.878.